The summed E-state index contributed by atoms with van der Waals surface area (Å²) in [5.74, 6) is 0.562. The Labute approximate surface area is 134 Å². The summed E-state index contributed by atoms with van der Waals surface area (Å²) >= 11 is 0. The minimum Gasteiger partial charge on any atom is -0.348 e. The van der Waals surface area contributed by atoms with Gasteiger partial charge in [0.2, 0.25) is 0 Å². The zero-order valence-corrected chi connectivity index (χ0v) is 12.9. The molecule has 4 rings (SSSR count). The van der Waals surface area contributed by atoms with Gasteiger partial charge in [-0.15, -0.1) is 0 Å². The van der Waals surface area contributed by atoms with Crippen LogP contribution in [0.3, 0.4) is 0 Å². The van der Waals surface area contributed by atoms with Gasteiger partial charge in [0.05, 0.1) is 0 Å². The molecule has 0 radical (unpaired) electrons. The molecule has 1 N–H and O–H groups in total. The highest BCUT2D eigenvalue weighted by atomic mass is 16.1. The Morgan fingerprint density at radius 2 is 2.22 bits per heavy atom. The standard InChI is InChI=1S/C16H20N6O/c23-16(20-13-5-8-21-7-2-1-3-14(13)21)12-4-6-18-15(9-12)22-11-17-10-19-22/h4,6,9-11,13-14H,1-3,5,7-8H2,(H,20,23)/t13-,14+/m0/s1. The minimum atomic E-state index is -0.0359. The predicted octanol–water partition coefficient (Wildman–Crippen LogP) is 1.02. The topological polar surface area (TPSA) is 75.9 Å². The number of carbonyl (C=O) groups is 1. The second-order valence-electron chi connectivity index (χ2n) is 6.21. The summed E-state index contributed by atoms with van der Waals surface area (Å²) < 4.78 is 1.55. The highest BCUT2D eigenvalue weighted by Gasteiger charge is 2.36. The lowest BCUT2D eigenvalue weighted by atomic mass is 9.99. The highest BCUT2D eigenvalue weighted by Crippen LogP contribution is 2.27. The first kappa shape index (κ1) is 14.3. The number of nitrogens with one attached hydrogen (secondary N) is 1. The van der Waals surface area contributed by atoms with Crippen LogP contribution in [0.1, 0.15) is 36.0 Å². The first-order chi connectivity index (χ1) is 11.3. The molecule has 2 aliphatic rings. The molecule has 0 bridgehead atoms. The van der Waals surface area contributed by atoms with Gasteiger partial charge in [-0.2, -0.15) is 5.10 Å². The van der Waals surface area contributed by atoms with Crippen molar-refractivity contribution in [2.75, 3.05) is 13.1 Å². The molecule has 0 spiro atoms. The van der Waals surface area contributed by atoms with Gasteiger partial charge in [0.15, 0.2) is 5.82 Å². The van der Waals surface area contributed by atoms with Crippen molar-refractivity contribution in [1.82, 2.24) is 30.0 Å². The van der Waals surface area contributed by atoms with E-state index in [1.807, 2.05) is 0 Å². The van der Waals surface area contributed by atoms with Crippen molar-refractivity contribution in [3.05, 3.63) is 36.5 Å². The normalized spacial score (nSPS) is 24.3. The first-order valence-electron chi connectivity index (χ1n) is 8.17. The lowest BCUT2D eigenvalue weighted by molar-refractivity contribution is 0.0915. The lowest BCUT2D eigenvalue weighted by Gasteiger charge is -2.32. The van der Waals surface area contributed by atoms with Gasteiger partial charge in [-0.05, 0) is 37.9 Å². The predicted molar refractivity (Wildman–Crippen MR) is 84.2 cm³/mol. The number of aromatic nitrogens is 4. The second kappa shape index (κ2) is 6.08. The Morgan fingerprint density at radius 1 is 1.26 bits per heavy atom. The van der Waals surface area contributed by atoms with Gasteiger partial charge in [-0.3, -0.25) is 9.69 Å². The minimum absolute atomic E-state index is 0.0359. The fraction of sp³-hybridized carbons (Fsp3) is 0.500. The van der Waals surface area contributed by atoms with Crippen molar-refractivity contribution in [1.29, 1.82) is 0 Å². The third kappa shape index (κ3) is 2.84. The van der Waals surface area contributed by atoms with Crippen LogP contribution in [0.15, 0.2) is 31.0 Å². The maximum Gasteiger partial charge on any atom is 0.251 e. The average Bonchev–Trinajstić information content (AvgIpc) is 3.25. The molecule has 2 fully saturated rings. The van der Waals surface area contributed by atoms with E-state index in [4.69, 9.17) is 0 Å². The number of fused-ring (bicyclic) bond motifs is 1. The van der Waals surface area contributed by atoms with Crippen molar-refractivity contribution in [2.45, 2.75) is 37.8 Å². The number of carbonyl (C=O) groups excluding carboxylic acids is 1. The SMILES string of the molecule is O=C(N[C@H]1CCN2CCCC[C@H]12)c1ccnc(-n2cncn2)c1. The second-order valence-corrected chi connectivity index (χ2v) is 6.21. The van der Waals surface area contributed by atoms with Gasteiger partial charge in [0.25, 0.3) is 5.91 Å². The third-order valence-corrected chi connectivity index (χ3v) is 4.83. The number of hydrogen-bond donors (Lipinski definition) is 1. The van der Waals surface area contributed by atoms with Crippen LogP contribution in [0.25, 0.3) is 5.82 Å². The quantitative estimate of drug-likeness (QED) is 0.916. The number of piperidine rings is 1. The molecular formula is C16H20N6O. The van der Waals surface area contributed by atoms with Crippen molar-refractivity contribution in [2.24, 2.45) is 0 Å². The Balaban J connectivity index is 1.48. The molecule has 2 atom stereocenters. The monoisotopic (exact) mass is 312 g/mol. The van der Waals surface area contributed by atoms with Crippen LogP contribution >= 0.6 is 0 Å². The number of nitrogens with zero attached hydrogens (tertiary/aromatic N) is 5. The van der Waals surface area contributed by atoms with Crippen LogP contribution in [0.5, 0.6) is 0 Å². The molecule has 7 nitrogen and oxygen atoms in total. The maximum atomic E-state index is 12.6. The largest absolute Gasteiger partial charge is 0.348 e. The molecule has 0 aliphatic carbocycles. The van der Waals surface area contributed by atoms with Gasteiger partial charge in [-0.25, -0.2) is 14.6 Å². The summed E-state index contributed by atoms with van der Waals surface area (Å²) in [5.41, 5.74) is 0.611. The molecule has 4 heterocycles. The van der Waals surface area contributed by atoms with E-state index in [-0.39, 0.29) is 11.9 Å². The number of amides is 1. The molecule has 0 aromatic carbocycles. The Hall–Kier alpha value is -2.28. The molecule has 2 aromatic heterocycles. The first-order valence-corrected chi connectivity index (χ1v) is 8.17. The molecule has 2 aromatic rings. The van der Waals surface area contributed by atoms with Gasteiger partial charge in [0.1, 0.15) is 12.7 Å². The average molecular weight is 312 g/mol. The van der Waals surface area contributed by atoms with E-state index in [1.54, 1.807) is 29.3 Å². The van der Waals surface area contributed by atoms with Gasteiger partial charge in [0, 0.05) is 30.4 Å². The molecule has 0 saturated carbocycles. The number of rotatable bonds is 3. The summed E-state index contributed by atoms with van der Waals surface area (Å²) in [6.45, 7) is 2.26. The van der Waals surface area contributed by atoms with Crippen LogP contribution in [0, 0.1) is 0 Å². The van der Waals surface area contributed by atoms with Crippen LogP contribution in [0.2, 0.25) is 0 Å². The molecule has 23 heavy (non-hydrogen) atoms. The van der Waals surface area contributed by atoms with Crippen molar-refractivity contribution < 1.29 is 4.79 Å². The Morgan fingerprint density at radius 3 is 3.09 bits per heavy atom. The molecule has 0 unspecified atom stereocenters. The fourth-order valence-corrected chi connectivity index (χ4v) is 3.68. The smallest absolute Gasteiger partial charge is 0.251 e. The van der Waals surface area contributed by atoms with E-state index in [0.29, 0.717) is 17.4 Å². The Kier molecular flexibility index (Phi) is 3.78. The summed E-state index contributed by atoms with van der Waals surface area (Å²) in [7, 11) is 0. The van der Waals surface area contributed by atoms with E-state index in [9.17, 15) is 4.79 Å². The van der Waals surface area contributed by atoms with Gasteiger partial charge in [-0.1, -0.05) is 6.42 Å². The van der Waals surface area contributed by atoms with Gasteiger partial charge < -0.3 is 5.32 Å². The molecule has 2 saturated heterocycles. The zero-order valence-electron chi connectivity index (χ0n) is 12.9. The van der Waals surface area contributed by atoms with Crippen molar-refractivity contribution in [3.63, 3.8) is 0 Å². The fourth-order valence-electron chi connectivity index (χ4n) is 3.68. The molecule has 1 amide bonds. The van der Waals surface area contributed by atoms with Crippen molar-refractivity contribution in [3.8, 4) is 5.82 Å². The van der Waals surface area contributed by atoms with Crippen LogP contribution in [0.4, 0.5) is 0 Å². The van der Waals surface area contributed by atoms with Gasteiger partial charge >= 0.3 is 0 Å². The Bertz CT molecular complexity index is 686. The lowest BCUT2D eigenvalue weighted by Crippen LogP contribution is -2.46. The summed E-state index contributed by atoms with van der Waals surface area (Å²) in [6, 6.07) is 4.25. The van der Waals surface area contributed by atoms with E-state index < -0.39 is 0 Å². The van der Waals surface area contributed by atoms with Crippen molar-refractivity contribution >= 4 is 5.91 Å². The zero-order chi connectivity index (χ0) is 15.6. The van der Waals surface area contributed by atoms with Crippen LogP contribution in [-0.4, -0.2) is 55.7 Å². The van der Waals surface area contributed by atoms with E-state index >= 15 is 0 Å². The molecule has 7 heteroatoms. The van der Waals surface area contributed by atoms with Crippen LogP contribution in [-0.2, 0) is 0 Å². The third-order valence-electron chi connectivity index (χ3n) is 4.83. The number of pyridine rings is 1. The summed E-state index contributed by atoms with van der Waals surface area (Å²) in [4.78, 5) is 23.3. The maximum absolute atomic E-state index is 12.6. The molecule has 120 valence electrons. The van der Waals surface area contributed by atoms with E-state index in [2.05, 4.69) is 25.3 Å². The summed E-state index contributed by atoms with van der Waals surface area (Å²) in [6.07, 6.45) is 9.42. The molecular weight excluding hydrogens is 292 g/mol. The van der Waals surface area contributed by atoms with E-state index in [1.165, 1.54) is 32.1 Å². The van der Waals surface area contributed by atoms with E-state index in [0.717, 1.165) is 13.0 Å². The number of hydrogen-bond acceptors (Lipinski definition) is 5. The summed E-state index contributed by atoms with van der Waals surface area (Å²) in [5, 5.41) is 7.26. The van der Waals surface area contributed by atoms with Crippen LogP contribution < -0.4 is 5.32 Å². The highest BCUT2D eigenvalue weighted by molar-refractivity contribution is 5.94. The molecule has 2 aliphatic heterocycles.